The van der Waals surface area contributed by atoms with Gasteiger partial charge in [-0.3, -0.25) is 5.32 Å². The van der Waals surface area contributed by atoms with E-state index < -0.39 is 11.8 Å². The summed E-state index contributed by atoms with van der Waals surface area (Å²) in [6.45, 7) is 0. The van der Waals surface area contributed by atoms with Crippen LogP contribution in [0.5, 0.6) is 0 Å². The van der Waals surface area contributed by atoms with E-state index in [1.165, 1.54) is 23.1 Å². The Labute approximate surface area is 119 Å². The molecule has 0 unspecified atom stereocenters. The van der Waals surface area contributed by atoms with Crippen molar-refractivity contribution in [3.05, 3.63) is 54.5 Å². The summed E-state index contributed by atoms with van der Waals surface area (Å²) in [5.41, 5.74) is 6.09. The molecule has 0 aliphatic heterocycles. The molecule has 0 spiro atoms. The molecule has 0 radical (unpaired) electrons. The molecule has 0 bridgehead atoms. The third kappa shape index (κ3) is 2.62. The van der Waals surface area contributed by atoms with Crippen molar-refractivity contribution in [1.82, 2.24) is 9.78 Å². The van der Waals surface area contributed by atoms with Crippen molar-refractivity contribution in [3.63, 3.8) is 0 Å². The zero-order valence-corrected chi connectivity index (χ0v) is 10.8. The van der Waals surface area contributed by atoms with Crippen LogP contribution in [0, 0.1) is 5.82 Å². The highest BCUT2D eigenvalue weighted by atomic mass is 19.1. The maximum Gasteiger partial charge on any atom is 0.317 e. The zero-order valence-electron chi connectivity index (χ0n) is 10.8. The van der Waals surface area contributed by atoms with Crippen LogP contribution < -0.4 is 11.1 Å². The quantitative estimate of drug-likeness (QED) is 0.776. The second-order valence-electron chi connectivity index (χ2n) is 4.27. The monoisotopic (exact) mass is 286 g/mol. The fourth-order valence-electron chi connectivity index (χ4n) is 1.95. The van der Waals surface area contributed by atoms with Gasteiger partial charge in [0.1, 0.15) is 17.3 Å². The Morgan fingerprint density at radius 3 is 2.81 bits per heavy atom. The molecule has 3 aromatic rings. The average molecular weight is 286 g/mol. The molecule has 7 heteroatoms. The van der Waals surface area contributed by atoms with Crippen LogP contribution in [0.2, 0.25) is 0 Å². The van der Waals surface area contributed by atoms with E-state index in [2.05, 4.69) is 10.4 Å². The van der Waals surface area contributed by atoms with E-state index >= 15 is 0 Å². The molecule has 0 aliphatic rings. The first-order valence-corrected chi connectivity index (χ1v) is 6.10. The van der Waals surface area contributed by atoms with Crippen LogP contribution in [0.1, 0.15) is 0 Å². The van der Waals surface area contributed by atoms with Gasteiger partial charge >= 0.3 is 6.03 Å². The topological polar surface area (TPSA) is 86.1 Å². The van der Waals surface area contributed by atoms with Gasteiger partial charge in [-0.1, -0.05) is 6.07 Å². The number of carbonyl (C=O) groups excluding carboxylic acids is 1. The Morgan fingerprint density at radius 2 is 2.14 bits per heavy atom. The number of urea groups is 1. The minimum atomic E-state index is -0.737. The van der Waals surface area contributed by atoms with Crippen molar-refractivity contribution in [2.24, 2.45) is 5.73 Å². The summed E-state index contributed by atoms with van der Waals surface area (Å²) < 4.78 is 20.0. The van der Waals surface area contributed by atoms with Crippen molar-refractivity contribution in [3.8, 4) is 17.1 Å². The number of nitrogens with two attached hydrogens (primary N) is 1. The molecule has 21 heavy (non-hydrogen) atoms. The molecule has 106 valence electrons. The molecule has 6 nitrogen and oxygen atoms in total. The molecule has 2 amide bonds. The summed E-state index contributed by atoms with van der Waals surface area (Å²) in [7, 11) is 0. The van der Waals surface area contributed by atoms with E-state index in [1.807, 2.05) is 0 Å². The molecule has 1 aromatic carbocycles. The zero-order chi connectivity index (χ0) is 14.8. The van der Waals surface area contributed by atoms with Gasteiger partial charge in [0.25, 0.3) is 0 Å². The van der Waals surface area contributed by atoms with Gasteiger partial charge in [0.2, 0.25) is 0 Å². The second kappa shape index (κ2) is 5.12. The minimum absolute atomic E-state index is 0.319. The first-order valence-electron chi connectivity index (χ1n) is 6.10. The van der Waals surface area contributed by atoms with Gasteiger partial charge in [-0.05, 0) is 30.3 Å². The van der Waals surface area contributed by atoms with Gasteiger partial charge in [0.15, 0.2) is 5.76 Å². The van der Waals surface area contributed by atoms with Crippen LogP contribution in [0.3, 0.4) is 0 Å². The first kappa shape index (κ1) is 12.9. The second-order valence-corrected chi connectivity index (χ2v) is 4.27. The van der Waals surface area contributed by atoms with E-state index in [0.717, 1.165) is 0 Å². The van der Waals surface area contributed by atoms with E-state index in [4.69, 9.17) is 10.2 Å². The van der Waals surface area contributed by atoms with E-state index in [1.54, 1.807) is 30.3 Å². The summed E-state index contributed by atoms with van der Waals surface area (Å²) in [5, 5.41) is 6.75. The first-order chi connectivity index (χ1) is 10.1. The summed E-state index contributed by atoms with van der Waals surface area (Å²) in [6.07, 6.45) is 1.51. The fourth-order valence-corrected chi connectivity index (χ4v) is 1.95. The Bertz CT molecular complexity index is 780. The number of nitrogens with zero attached hydrogens (tertiary/aromatic N) is 2. The Morgan fingerprint density at radius 1 is 1.29 bits per heavy atom. The smallest absolute Gasteiger partial charge is 0.317 e. The predicted octanol–water partition coefficient (Wildman–Crippen LogP) is 2.76. The number of anilines is 1. The number of primary amides is 1. The van der Waals surface area contributed by atoms with Gasteiger partial charge in [-0.25, -0.2) is 13.9 Å². The van der Waals surface area contributed by atoms with Gasteiger partial charge in [-0.2, -0.15) is 5.10 Å². The molecule has 0 aliphatic carbocycles. The summed E-state index contributed by atoms with van der Waals surface area (Å²) in [6, 6.07) is 10.1. The Hall–Kier alpha value is -3.09. The molecule has 2 aromatic heterocycles. The lowest BCUT2D eigenvalue weighted by molar-refractivity contribution is 0.259. The number of aromatic nitrogens is 2. The van der Waals surface area contributed by atoms with Crippen LogP contribution in [-0.4, -0.2) is 15.8 Å². The van der Waals surface area contributed by atoms with Crippen LogP contribution in [-0.2, 0) is 0 Å². The number of hydrogen-bond acceptors (Lipinski definition) is 3. The number of benzene rings is 1. The van der Waals surface area contributed by atoms with Crippen LogP contribution >= 0.6 is 0 Å². The van der Waals surface area contributed by atoms with Crippen molar-refractivity contribution in [2.45, 2.75) is 0 Å². The lowest BCUT2D eigenvalue weighted by Gasteiger charge is -2.06. The van der Waals surface area contributed by atoms with Crippen molar-refractivity contribution >= 4 is 11.8 Å². The maximum atomic E-state index is 13.4. The number of carbonyl (C=O) groups is 1. The molecular formula is C14H11FN4O2. The molecule has 0 saturated carbocycles. The number of rotatable bonds is 3. The van der Waals surface area contributed by atoms with Gasteiger partial charge in [-0.15, -0.1) is 0 Å². The highest BCUT2D eigenvalue weighted by Gasteiger charge is 2.14. The van der Waals surface area contributed by atoms with E-state index in [0.29, 0.717) is 23.0 Å². The van der Waals surface area contributed by atoms with Crippen molar-refractivity contribution in [2.75, 3.05) is 5.32 Å². The SMILES string of the molecule is NC(=O)Nc1cc(-c2ccco2)nn1-c1cccc(F)c1. The highest BCUT2D eigenvalue weighted by Crippen LogP contribution is 2.25. The van der Waals surface area contributed by atoms with Crippen molar-refractivity contribution < 1.29 is 13.6 Å². The molecule has 2 heterocycles. The molecule has 0 atom stereocenters. The number of hydrogen-bond donors (Lipinski definition) is 2. The van der Waals surface area contributed by atoms with Crippen LogP contribution in [0.25, 0.3) is 17.1 Å². The van der Waals surface area contributed by atoms with Gasteiger partial charge < -0.3 is 10.2 Å². The van der Waals surface area contributed by atoms with Gasteiger partial charge in [0, 0.05) is 6.07 Å². The maximum absolute atomic E-state index is 13.4. The normalized spacial score (nSPS) is 10.5. The van der Waals surface area contributed by atoms with E-state index in [9.17, 15) is 9.18 Å². The number of nitrogens with one attached hydrogen (secondary N) is 1. The van der Waals surface area contributed by atoms with Crippen molar-refractivity contribution in [1.29, 1.82) is 0 Å². The summed E-state index contributed by atoms with van der Waals surface area (Å²) in [4.78, 5) is 11.1. The molecule has 3 N–H and O–H groups in total. The van der Waals surface area contributed by atoms with Crippen LogP contribution in [0.4, 0.5) is 15.0 Å². The van der Waals surface area contributed by atoms with Crippen LogP contribution in [0.15, 0.2) is 53.1 Å². The standard InChI is InChI=1S/C14H11FN4O2/c15-9-3-1-4-10(7-9)19-13(17-14(16)20)8-11(18-19)12-5-2-6-21-12/h1-8H,(H3,16,17,20). The predicted molar refractivity (Wildman–Crippen MR) is 74.4 cm³/mol. The third-order valence-corrected chi connectivity index (χ3v) is 2.79. The summed E-state index contributed by atoms with van der Waals surface area (Å²) >= 11 is 0. The highest BCUT2D eigenvalue weighted by molar-refractivity contribution is 5.87. The molecular weight excluding hydrogens is 275 g/mol. The third-order valence-electron chi connectivity index (χ3n) is 2.79. The van der Waals surface area contributed by atoms with E-state index in [-0.39, 0.29) is 0 Å². The lowest BCUT2D eigenvalue weighted by Crippen LogP contribution is -2.21. The lowest BCUT2D eigenvalue weighted by atomic mass is 10.3. The number of amides is 2. The number of halogens is 1. The molecule has 0 saturated heterocycles. The Kier molecular flexibility index (Phi) is 3.15. The number of furan rings is 1. The minimum Gasteiger partial charge on any atom is -0.463 e. The average Bonchev–Trinajstić information content (AvgIpc) is 3.06. The summed E-state index contributed by atoms with van der Waals surface area (Å²) in [5.74, 6) is 0.435. The van der Waals surface area contributed by atoms with Gasteiger partial charge in [0.05, 0.1) is 12.0 Å². The molecule has 3 rings (SSSR count). The largest absolute Gasteiger partial charge is 0.463 e. The molecule has 0 fully saturated rings. The fraction of sp³-hybridized carbons (Fsp3) is 0. The Balaban J connectivity index is 2.11.